The average molecular weight is 681 g/mol. The topological polar surface area (TPSA) is 43.6 Å². The maximum atomic E-state index is 14.9. The number of fused-ring (bicyclic) bond motifs is 3. The third-order valence-corrected chi connectivity index (χ3v) is 9.83. The van der Waals surface area contributed by atoms with Gasteiger partial charge in [-0.05, 0) is 70.0 Å². The monoisotopic (exact) mass is 680 g/mol. The normalized spacial score (nSPS) is 12.1. The van der Waals surface area contributed by atoms with Crippen LogP contribution in [0.2, 0.25) is 0 Å². The highest BCUT2D eigenvalue weighted by Crippen LogP contribution is 2.41. The molecule has 0 radical (unpaired) electrons. The predicted molar refractivity (Wildman–Crippen MR) is 213 cm³/mol. The molecule has 4 nitrogen and oxygen atoms in total. The van der Waals surface area contributed by atoms with Gasteiger partial charge in [-0.1, -0.05) is 139 Å². The van der Waals surface area contributed by atoms with E-state index in [1.807, 2.05) is 72.8 Å². The minimum atomic E-state index is -0.281. The summed E-state index contributed by atoms with van der Waals surface area (Å²) in [4.78, 5) is 15.0. The van der Waals surface area contributed by atoms with E-state index in [1.165, 1.54) is 28.0 Å². The summed E-state index contributed by atoms with van der Waals surface area (Å²) in [5, 5.41) is 2.36. The van der Waals surface area contributed by atoms with Gasteiger partial charge in [-0.15, -0.1) is 0 Å². The van der Waals surface area contributed by atoms with Gasteiger partial charge in [-0.2, -0.15) is 0 Å². The van der Waals surface area contributed by atoms with E-state index in [-0.39, 0.29) is 16.6 Å². The zero-order valence-electron chi connectivity index (χ0n) is 30.4. The van der Waals surface area contributed by atoms with Crippen LogP contribution in [0.4, 0.5) is 4.39 Å². The first kappa shape index (κ1) is 33.2. The van der Waals surface area contributed by atoms with Crippen LogP contribution >= 0.6 is 0 Å². The summed E-state index contributed by atoms with van der Waals surface area (Å²) in [5.41, 5.74) is 9.91. The van der Waals surface area contributed by atoms with Crippen LogP contribution in [0.5, 0.6) is 0 Å². The van der Waals surface area contributed by atoms with Crippen molar-refractivity contribution in [1.82, 2.24) is 19.5 Å². The number of nitrogens with zero attached hydrogens (tertiary/aromatic N) is 4. The van der Waals surface area contributed by atoms with Crippen molar-refractivity contribution in [3.8, 4) is 51.0 Å². The standard InChI is InChI=1S/C47H41FN4/c1-46(2,3)34-21-24-40-38(28-34)39-29-35(47(4,5)6)22-25-41(39)52(40)42-27-33(20-23-37(42)32-18-13-19-36(48)26-32)45-50-43(30-14-9-7-10-15-30)49-44(51-45)31-16-11-8-12-17-31/h7-29H,1-6H3. The van der Waals surface area contributed by atoms with E-state index in [2.05, 4.69) is 94.6 Å². The zero-order valence-corrected chi connectivity index (χ0v) is 30.4. The largest absolute Gasteiger partial charge is 0.309 e. The zero-order chi connectivity index (χ0) is 36.2. The summed E-state index contributed by atoms with van der Waals surface area (Å²) in [6.07, 6.45) is 0. The second-order valence-corrected chi connectivity index (χ2v) is 15.6. The van der Waals surface area contributed by atoms with Gasteiger partial charge in [-0.3, -0.25) is 0 Å². The van der Waals surface area contributed by atoms with Crippen LogP contribution in [0.25, 0.3) is 72.8 Å². The fourth-order valence-corrected chi connectivity index (χ4v) is 6.91. The lowest BCUT2D eigenvalue weighted by atomic mass is 9.85. The maximum Gasteiger partial charge on any atom is 0.164 e. The number of hydrogen-bond donors (Lipinski definition) is 0. The van der Waals surface area contributed by atoms with E-state index in [1.54, 1.807) is 12.1 Å². The van der Waals surface area contributed by atoms with Crippen molar-refractivity contribution in [2.24, 2.45) is 0 Å². The summed E-state index contributed by atoms with van der Waals surface area (Å²) >= 11 is 0. The van der Waals surface area contributed by atoms with Gasteiger partial charge in [0.05, 0.1) is 16.7 Å². The molecule has 8 rings (SSSR count). The molecule has 0 aliphatic heterocycles. The lowest BCUT2D eigenvalue weighted by Crippen LogP contribution is -2.10. The van der Waals surface area contributed by atoms with E-state index in [0.717, 1.165) is 44.5 Å². The third kappa shape index (κ3) is 6.17. The molecule has 52 heavy (non-hydrogen) atoms. The second kappa shape index (κ2) is 12.7. The van der Waals surface area contributed by atoms with Crippen molar-refractivity contribution in [2.45, 2.75) is 52.4 Å². The fraction of sp³-hybridized carbons (Fsp3) is 0.170. The van der Waals surface area contributed by atoms with Crippen molar-refractivity contribution in [1.29, 1.82) is 0 Å². The van der Waals surface area contributed by atoms with Crippen LogP contribution in [0.15, 0.2) is 140 Å². The molecule has 0 amide bonds. The van der Waals surface area contributed by atoms with Gasteiger partial charge in [0.15, 0.2) is 17.5 Å². The van der Waals surface area contributed by atoms with Gasteiger partial charge in [0.1, 0.15) is 5.82 Å². The lowest BCUT2D eigenvalue weighted by Gasteiger charge is -2.20. The van der Waals surface area contributed by atoms with Crippen molar-refractivity contribution in [3.63, 3.8) is 0 Å². The smallest absolute Gasteiger partial charge is 0.164 e. The van der Waals surface area contributed by atoms with Gasteiger partial charge in [0.2, 0.25) is 0 Å². The minimum absolute atomic E-state index is 0.0253. The lowest BCUT2D eigenvalue weighted by molar-refractivity contribution is 0.590. The summed E-state index contributed by atoms with van der Waals surface area (Å²) in [6, 6.07) is 46.7. The van der Waals surface area contributed by atoms with Crippen molar-refractivity contribution >= 4 is 21.8 Å². The number of hydrogen-bond acceptors (Lipinski definition) is 3. The van der Waals surface area contributed by atoms with Crippen LogP contribution in [-0.2, 0) is 10.8 Å². The molecule has 0 fully saturated rings. The molecule has 0 aliphatic rings. The Morgan fingerprint density at radius 1 is 0.442 bits per heavy atom. The summed E-state index contributed by atoms with van der Waals surface area (Å²) in [7, 11) is 0. The Balaban J connectivity index is 1.44. The Morgan fingerprint density at radius 2 is 0.923 bits per heavy atom. The molecular formula is C47H41FN4. The molecule has 0 unspecified atom stereocenters. The Labute approximate surface area is 304 Å². The van der Waals surface area contributed by atoms with Crippen LogP contribution in [0, 0.1) is 5.82 Å². The van der Waals surface area contributed by atoms with E-state index < -0.39 is 0 Å². The van der Waals surface area contributed by atoms with Gasteiger partial charge in [-0.25, -0.2) is 19.3 Å². The minimum Gasteiger partial charge on any atom is -0.309 e. The van der Waals surface area contributed by atoms with Crippen LogP contribution in [0.3, 0.4) is 0 Å². The predicted octanol–water partition coefficient (Wildman–Crippen LogP) is 12.4. The molecular weight excluding hydrogens is 640 g/mol. The molecule has 0 atom stereocenters. The first-order chi connectivity index (χ1) is 24.9. The second-order valence-electron chi connectivity index (χ2n) is 15.6. The molecule has 0 spiro atoms. The molecule has 2 heterocycles. The number of aromatic nitrogens is 4. The molecule has 256 valence electrons. The van der Waals surface area contributed by atoms with Crippen molar-refractivity contribution in [2.75, 3.05) is 0 Å². The van der Waals surface area contributed by atoms with Gasteiger partial charge in [0, 0.05) is 33.0 Å². The molecule has 5 heteroatoms. The Bertz CT molecular complexity index is 2460. The molecule has 0 bridgehead atoms. The Kier molecular flexibility index (Phi) is 8.10. The van der Waals surface area contributed by atoms with Gasteiger partial charge in [0.25, 0.3) is 0 Å². The number of rotatable bonds is 5. The van der Waals surface area contributed by atoms with E-state index in [4.69, 9.17) is 15.0 Å². The molecule has 2 aromatic heterocycles. The van der Waals surface area contributed by atoms with Gasteiger partial charge >= 0.3 is 0 Å². The quantitative estimate of drug-likeness (QED) is 0.182. The Hall–Kier alpha value is -5.94. The van der Waals surface area contributed by atoms with Crippen molar-refractivity contribution < 1.29 is 4.39 Å². The summed E-state index contributed by atoms with van der Waals surface area (Å²) in [6.45, 7) is 13.5. The van der Waals surface area contributed by atoms with Crippen LogP contribution in [-0.4, -0.2) is 19.5 Å². The highest BCUT2D eigenvalue weighted by atomic mass is 19.1. The molecule has 0 aliphatic carbocycles. The van der Waals surface area contributed by atoms with E-state index in [9.17, 15) is 4.39 Å². The first-order valence-corrected chi connectivity index (χ1v) is 17.8. The molecule has 8 aromatic rings. The number of halogens is 1. The molecule has 0 saturated carbocycles. The summed E-state index contributed by atoms with van der Waals surface area (Å²) < 4.78 is 17.2. The Morgan fingerprint density at radius 3 is 1.40 bits per heavy atom. The van der Waals surface area contributed by atoms with Gasteiger partial charge < -0.3 is 4.57 Å². The highest BCUT2D eigenvalue weighted by Gasteiger charge is 2.23. The first-order valence-electron chi connectivity index (χ1n) is 17.8. The third-order valence-electron chi connectivity index (χ3n) is 9.83. The van der Waals surface area contributed by atoms with Crippen molar-refractivity contribution in [3.05, 3.63) is 156 Å². The fourth-order valence-electron chi connectivity index (χ4n) is 6.91. The summed E-state index contributed by atoms with van der Waals surface area (Å²) in [5.74, 6) is 1.48. The number of benzene rings is 6. The van der Waals surface area contributed by atoms with E-state index >= 15 is 0 Å². The SMILES string of the molecule is CC(C)(C)c1ccc2c(c1)c1cc(C(C)(C)C)ccc1n2-c1cc(-c2nc(-c3ccccc3)nc(-c3ccccc3)n2)ccc1-c1cccc(F)c1. The molecule has 6 aromatic carbocycles. The van der Waals surface area contributed by atoms with E-state index in [0.29, 0.717) is 17.5 Å². The average Bonchev–Trinajstić information content (AvgIpc) is 3.47. The van der Waals surface area contributed by atoms with Crippen LogP contribution < -0.4 is 0 Å². The maximum absolute atomic E-state index is 14.9. The van der Waals surface area contributed by atoms with Crippen LogP contribution in [0.1, 0.15) is 52.7 Å². The molecule has 0 N–H and O–H groups in total. The molecule has 0 saturated heterocycles. The highest BCUT2D eigenvalue weighted by molar-refractivity contribution is 6.10.